The van der Waals surface area contributed by atoms with E-state index in [1.54, 1.807) is 18.2 Å². The van der Waals surface area contributed by atoms with Gasteiger partial charge in [-0.1, -0.05) is 41.4 Å². The summed E-state index contributed by atoms with van der Waals surface area (Å²) in [5, 5.41) is 4.02. The molecule has 23 heavy (non-hydrogen) atoms. The molecule has 6 heteroatoms. The average molecular weight is 346 g/mol. The Morgan fingerprint density at radius 3 is 2.57 bits per heavy atom. The Bertz CT molecular complexity index is 927. The van der Waals surface area contributed by atoms with Gasteiger partial charge in [-0.25, -0.2) is 4.68 Å². The lowest BCUT2D eigenvalue weighted by Gasteiger charge is -1.99. The highest BCUT2D eigenvalue weighted by atomic mass is 35.5. The molecule has 0 radical (unpaired) electrons. The van der Waals surface area contributed by atoms with Crippen LogP contribution in [0.5, 0.6) is 0 Å². The molecule has 0 aliphatic carbocycles. The Morgan fingerprint density at radius 1 is 1.13 bits per heavy atom. The number of benzene rings is 2. The molecule has 0 aliphatic heterocycles. The zero-order valence-corrected chi connectivity index (χ0v) is 13.8. The number of H-pyrrole nitrogens is 1. The molecule has 0 saturated carbocycles. The summed E-state index contributed by atoms with van der Waals surface area (Å²) >= 11 is 11.9. The van der Waals surface area contributed by atoms with Crippen molar-refractivity contribution in [1.82, 2.24) is 9.78 Å². The fourth-order valence-electron chi connectivity index (χ4n) is 2.19. The van der Waals surface area contributed by atoms with E-state index in [1.165, 1.54) is 10.9 Å². The predicted octanol–water partition coefficient (Wildman–Crippen LogP) is 4.53. The highest BCUT2D eigenvalue weighted by Crippen LogP contribution is 2.27. The third-order valence-corrected chi connectivity index (χ3v) is 3.91. The zero-order valence-electron chi connectivity index (χ0n) is 12.3. The molecule has 0 atom stereocenters. The average Bonchev–Trinajstić information content (AvgIpc) is 2.82. The summed E-state index contributed by atoms with van der Waals surface area (Å²) in [4.78, 5) is 16.8. The maximum absolute atomic E-state index is 12.5. The van der Waals surface area contributed by atoms with Crippen LogP contribution in [0.2, 0.25) is 10.0 Å². The second kappa shape index (κ2) is 6.44. The number of hydrogen-bond acceptors (Lipinski definition) is 2. The van der Waals surface area contributed by atoms with Crippen molar-refractivity contribution < 1.29 is 0 Å². The molecule has 1 N–H and O–H groups in total. The molecule has 0 fully saturated rings. The smallest absolute Gasteiger partial charge is 0.280 e. The van der Waals surface area contributed by atoms with Crippen molar-refractivity contribution in [2.45, 2.75) is 6.92 Å². The second-order valence-electron chi connectivity index (χ2n) is 4.98. The van der Waals surface area contributed by atoms with Gasteiger partial charge in [0.1, 0.15) is 0 Å². The molecule has 116 valence electrons. The Hall–Kier alpha value is -2.30. The lowest BCUT2D eigenvalue weighted by atomic mass is 10.2. The van der Waals surface area contributed by atoms with E-state index in [9.17, 15) is 4.79 Å². The first kappa shape index (κ1) is 15.6. The maximum Gasteiger partial charge on any atom is 0.280 e. The summed E-state index contributed by atoms with van der Waals surface area (Å²) in [6, 6.07) is 14.4. The van der Waals surface area contributed by atoms with E-state index in [-0.39, 0.29) is 5.56 Å². The number of aromatic amines is 1. The van der Waals surface area contributed by atoms with Gasteiger partial charge in [0.15, 0.2) is 0 Å². The van der Waals surface area contributed by atoms with Gasteiger partial charge in [-0.15, -0.1) is 0 Å². The topological polar surface area (TPSA) is 50.1 Å². The molecule has 4 nitrogen and oxygen atoms in total. The van der Waals surface area contributed by atoms with E-state index < -0.39 is 0 Å². The van der Waals surface area contributed by atoms with Crippen LogP contribution < -0.4 is 5.56 Å². The van der Waals surface area contributed by atoms with Gasteiger partial charge >= 0.3 is 0 Å². The fourth-order valence-corrected chi connectivity index (χ4v) is 2.65. The second-order valence-corrected chi connectivity index (χ2v) is 5.82. The van der Waals surface area contributed by atoms with Gasteiger partial charge < -0.3 is 0 Å². The first-order chi connectivity index (χ1) is 11.1. The Labute approximate surface area is 143 Å². The number of hydrogen-bond donors (Lipinski definition) is 1. The summed E-state index contributed by atoms with van der Waals surface area (Å²) in [6.45, 7) is 1.83. The first-order valence-corrected chi connectivity index (χ1v) is 7.68. The fraction of sp³-hybridized carbons (Fsp3) is 0.0588. The number of rotatable bonds is 3. The van der Waals surface area contributed by atoms with Crippen LogP contribution in [0.15, 0.2) is 58.3 Å². The lowest BCUT2D eigenvalue weighted by molar-refractivity contribution is 0.835. The van der Waals surface area contributed by atoms with E-state index in [1.807, 2.05) is 37.3 Å². The third kappa shape index (κ3) is 3.23. The molecule has 0 unspecified atom stereocenters. The van der Waals surface area contributed by atoms with E-state index >= 15 is 0 Å². The normalized spacial score (nSPS) is 11.3. The largest absolute Gasteiger partial charge is 0.295 e. The summed E-state index contributed by atoms with van der Waals surface area (Å²) in [5.74, 6) is 0. The van der Waals surface area contributed by atoms with Crippen LogP contribution in [0.1, 0.15) is 11.3 Å². The summed E-state index contributed by atoms with van der Waals surface area (Å²) in [7, 11) is 0. The highest BCUT2D eigenvalue weighted by molar-refractivity contribution is 6.36. The van der Waals surface area contributed by atoms with Crippen molar-refractivity contribution in [3.8, 4) is 5.69 Å². The molecule has 0 spiro atoms. The maximum atomic E-state index is 12.5. The quantitative estimate of drug-likeness (QED) is 0.696. The van der Waals surface area contributed by atoms with E-state index in [0.29, 0.717) is 21.3 Å². The van der Waals surface area contributed by atoms with Gasteiger partial charge in [0.05, 0.1) is 22.0 Å². The SMILES string of the molecule is Cc1[nH]n(-c2ccccc2)c(=O)c1C=Nc1ccc(Cl)cc1Cl. The minimum atomic E-state index is -0.164. The van der Waals surface area contributed by atoms with Gasteiger partial charge in [-0.05, 0) is 37.3 Å². The predicted molar refractivity (Wildman–Crippen MR) is 94.8 cm³/mol. The van der Waals surface area contributed by atoms with Gasteiger partial charge in [-0.3, -0.25) is 14.9 Å². The van der Waals surface area contributed by atoms with Gasteiger partial charge in [0.25, 0.3) is 5.56 Å². The molecule has 1 aromatic heterocycles. The number of aromatic nitrogens is 2. The minimum absolute atomic E-state index is 0.164. The van der Waals surface area contributed by atoms with Crippen LogP contribution in [0.25, 0.3) is 5.69 Å². The standard InChI is InChI=1S/C17H13Cl2N3O/c1-11-14(10-20-16-8-7-12(18)9-15(16)19)17(23)22(21-11)13-5-3-2-4-6-13/h2-10,21H,1H3. The molecule has 0 amide bonds. The molecule has 3 rings (SSSR count). The molecular weight excluding hydrogens is 333 g/mol. The van der Waals surface area contributed by atoms with E-state index in [2.05, 4.69) is 10.1 Å². The van der Waals surface area contributed by atoms with Gasteiger partial charge in [-0.2, -0.15) is 0 Å². The van der Waals surface area contributed by atoms with Crippen LogP contribution in [-0.4, -0.2) is 16.0 Å². The summed E-state index contributed by atoms with van der Waals surface area (Å²) in [5.41, 5.74) is 2.38. The monoisotopic (exact) mass is 345 g/mol. The molecular formula is C17H13Cl2N3O. The van der Waals surface area contributed by atoms with Crippen LogP contribution >= 0.6 is 23.2 Å². The number of nitrogens with one attached hydrogen (secondary N) is 1. The van der Waals surface area contributed by atoms with Crippen LogP contribution in [0, 0.1) is 6.92 Å². The molecule has 1 heterocycles. The van der Waals surface area contributed by atoms with Gasteiger partial charge in [0, 0.05) is 16.9 Å². The number of para-hydroxylation sites is 1. The molecule has 0 saturated heterocycles. The number of nitrogens with zero attached hydrogens (tertiary/aromatic N) is 2. The Morgan fingerprint density at radius 2 is 1.87 bits per heavy atom. The van der Waals surface area contributed by atoms with Crippen LogP contribution in [-0.2, 0) is 0 Å². The lowest BCUT2D eigenvalue weighted by Crippen LogP contribution is -2.17. The molecule has 3 aromatic rings. The molecule has 2 aromatic carbocycles. The van der Waals surface area contributed by atoms with E-state index in [4.69, 9.17) is 23.2 Å². The minimum Gasteiger partial charge on any atom is -0.295 e. The van der Waals surface area contributed by atoms with Crippen molar-refractivity contribution in [2.24, 2.45) is 4.99 Å². The van der Waals surface area contributed by atoms with Crippen molar-refractivity contribution in [3.63, 3.8) is 0 Å². The highest BCUT2D eigenvalue weighted by Gasteiger charge is 2.10. The van der Waals surface area contributed by atoms with Crippen LogP contribution in [0.4, 0.5) is 5.69 Å². The number of aliphatic imine (C=N–C) groups is 1. The van der Waals surface area contributed by atoms with E-state index in [0.717, 1.165) is 11.4 Å². The molecule has 0 bridgehead atoms. The third-order valence-electron chi connectivity index (χ3n) is 3.37. The first-order valence-electron chi connectivity index (χ1n) is 6.92. The summed E-state index contributed by atoms with van der Waals surface area (Å²) < 4.78 is 1.49. The summed E-state index contributed by atoms with van der Waals surface area (Å²) in [6.07, 6.45) is 1.52. The zero-order chi connectivity index (χ0) is 16.4. The van der Waals surface area contributed by atoms with Crippen molar-refractivity contribution in [1.29, 1.82) is 0 Å². The van der Waals surface area contributed by atoms with Gasteiger partial charge in [0.2, 0.25) is 0 Å². The van der Waals surface area contributed by atoms with Crippen molar-refractivity contribution in [3.05, 3.63) is 80.2 Å². The Balaban J connectivity index is 2.00. The van der Waals surface area contributed by atoms with Crippen molar-refractivity contribution >= 4 is 35.1 Å². The van der Waals surface area contributed by atoms with Crippen molar-refractivity contribution in [2.75, 3.05) is 0 Å². The van der Waals surface area contributed by atoms with Crippen LogP contribution in [0.3, 0.4) is 0 Å². The molecule has 0 aliphatic rings. The Kier molecular flexibility index (Phi) is 4.37. The number of halogens is 2. The number of aryl methyl sites for hydroxylation is 1.